The van der Waals surface area contributed by atoms with Crippen LogP contribution >= 0.6 is 0 Å². The van der Waals surface area contributed by atoms with Crippen molar-refractivity contribution in [2.75, 3.05) is 13.2 Å². The Hall–Kier alpha value is -2.81. The molecule has 3 aromatic rings. The molecule has 3 aromatic carbocycles. The highest BCUT2D eigenvalue weighted by atomic mass is 16.5. The summed E-state index contributed by atoms with van der Waals surface area (Å²) < 4.78 is 11.2. The molecule has 0 heterocycles. The van der Waals surface area contributed by atoms with Gasteiger partial charge < -0.3 is 9.47 Å². The average molecular weight is 319 g/mol. The van der Waals surface area contributed by atoms with Gasteiger partial charge in [0.2, 0.25) is 0 Å². The second kappa shape index (κ2) is 7.64. The predicted octanol–water partition coefficient (Wildman–Crippen LogP) is 5.39. The van der Waals surface area contributed by atoms with Crippen LogP contribution < -0.4 is 9.47 Å². The number of benzene rings is 3. The molecule has 0 saturated carbocycles. The lowest BCUT2D eigenvalue weighted by molar-refractivity contribution is 0.340. The van der Waals surface area contributed by atoms with Crippen molar-refractivity contribution in [3.05, 3.63) is 66.2 Å². The molecule has 3 nitrogen and oxygen atoms in total. The summed E-state index contributed by atoms with van der Waals surface area (Å²) >= 11 is 0. The van der Waals surface area contributed by atoms with Crippen LogP contribution in [0.1, 0.15) is 19.4 Å². The van der Waals surface area contributed by atoms with Crippen LogP contribution in [-0.2, 0) is 0 Å². The lowest BCUT2D eigenvalue weighted by Gasteiger charge is -2.10. The van der Waals surface area contributed by atoms with Crippen LogP contribution in [-0.4, -0.2) is 19.4 Å². The monoisotopic (exact) mass is 319 g/mol. The molecular formula is C21H21NO2. The van der Waals surface area contributed by atoms with Crippen LogP contribution in [0.15, 0.2) is 65.7 Å². The molecule has 0 radical (unpaired) electrons. The fourth-order valence-electron chi connectivity index (χ4n) is 2.62. The number of fused-ring (bicyclic) bond motifs is 1. The molecule has 0 spiro atoms. The summed E-state index contributed by atoms with van der Waals surface area (Å²) in [6.45, 7) is 5.25. The van der Waals surface area contributed by atoms with Crippen molar-refractivity contribution in [1.29, 1.82) is 0 Å². The van der Waals surface area contributed by atoms with E-state index in [1.165, 1.54) is 5.39 Å². The highest BCUT2D eigenvalue weighted by Gasteiger charge is 2.06. The zero-order chi connectivity index (χ0) is 16.8. The summed E-state index contributed by atoms with van der Waals surface area (Å²) in [7, 11) is 0. The molecule has 0 saturated heterocycles. The quantitative estimate of drug-likeness (QED) is 0.570. The topological polar surface area (TPSA) is 30.8 Å². The van der Waals surface area contributed by atoms with Gasteiger partial charge >= 0.3 is 0 Å². The van der Waals surface area contributed by atoms with Gasteiger partial charge in [0.1, 0.15) is 11.5 Å². The van der Waals surface area contributed by atoms with E-state index in [2.05, 4.69) is 23.2 Å². The van der Waals surface area contributed by atoms with Gasteiger partial charge in [-0.2, -0.15) is 0 Å². The molecule has 3 rings (SSSR count). The Kier molecular flexibility index (Phi) is 5.12. The summed E-state index contributed by atoms with van der Waals surface area (Å²) in [5, 5.41) is 2.31. The van der Waals surface area contributed by atoms with Gasteiger partial charge in [0.25, 0.3) is 0 Å². The van der Waals surface area contributed by atoms with Crippen LogP contribution in [0.25, 0.3) is 10.8 Å². The van der Waals surface area contributed by atoms with Crippen molar-refractivity contribution < 1.29 is 9.47 Å². The van der Waals surface area contributed by atoms with E-state index in [0.29, 0.717) is 13.2 Å². The molecule has 0 unspecified atom stereocenters. The number of aliphatic imine (C=N–C) groups is 1. The predicted molar refractivity (Wildman–Crippen MR) is 100.0 cm³/mol. The van der Waals surface area contributed by atoms with Crippen LogP contribution in [0.2, 0.25) is 0 Å². The fourth-order valence-corrected chi connectivity index (χ4v) is 2.62. The summed E-state index contributed by atoms with van der Waals surface area (Å²) in [6.07, 6.45) is 1.88. The summed E-state index contributed by atoms with van der Waals surface area (Å²) in [6, 6.07) is 20.1. The lowest BCUT2D eigenvalue weighted by atomic mass is 10.0. The standard InChI is InChI=1S/C21H21NO2/c1-3-23-18-12-10-17(11-13-18)22-15-20-19-8-6-5-7-16(19)9-14-21(20)24-4-2/h5-15H,3-4H2,1-2H3. The Bertz CT molecular complexity index is 838. The Labute approximate surface area is 142 Å². The van der Waals surface area contributed by atoms with Crippen molar-refractivity contribution in [3.8, 4) is 11.5 Å². The van der Waals surface area contributed by atoms with Gasteiger partial charge in [-0.05, 0) is 55.0 Å². The summed E-state index contributed by atoms with van der Waals surface area (Å²) in [4.78, 5) is 4.61. The van der Waals surface area contributed by atoms with Gasteiger partial charge in [-0.25, -0.2) is 0 Å². The molecule has 0 amide bonds. The molecule has 0 aromatic heterocycles. The SMILES string of the molecule is CCOc1ccc(N=Cc2c(OCC)ccc3ccccc23)cc1. The minimum atomic E-state index is 0.627. The first-order valence-corrected chi connectivity index (χ1v) is 8.23. The minimum absolute atomic E-state index is 0.627. The largest absolute Gasteiger partial charge is 0.494 e. The first-order valence-electron chi connectivity index (χ1n) is 8.23. The van der Waals surface area contributed by atoms with Gasteiger partial charge in [0, 0.05) is 11.8 Å². The Morgan fingerprint density at radius 2 is 1.58 bits per heavy atom. The van der Waals surface area contributed by atoms with Crippen molar-refractivity contribution >= 4 is 22.7 Å². The third-order valence-corrected chi connectivity index (χ3v) is 3.72. The van der Waals surface area contributed by atoms with E-state index >= 15 is 0 Å². The van der Waals surface area contributed by atoms with E-state index in [-0.39, 0.29) is 0 Å². The maximum atomic E-state index is 5.77. The van der Waals surface area contributed by atoms with E-state index in [1.807, 2.05) is 62.5 Å². The lowest BCUT2D eigenvalue weighted by Crippen LogP contribution is -1.97. The Morgan fingerprint density at radius 1 is 0.833 bits per heavy atom. The summed E-state index contributed by atoms with van der Waals surface area (Å²) in [5.74, 6) is 1.71. The zero-order valence-electron chi connectivity index (χ0n) is 14.0. The average Bonchev–Trinajstić information content (AvgIpc) is 2.62. The molecule has 24 heavy (non-hydrogen) atoms. The first-order chi connectivity index (χ1) is 11.8. The highest BCUT2D eigenvalue weighted by molar-refractivity contribution is 6.03. The number of ether oxygens (including phenoxy) is 2. The van der Waals surface area contributed by atoms with Crippen LogP contribution in [0.4, 0.5) is 5.69 Å². The molecule has 0 aliphatic carbocycles. The van der Waals surface area contributed by atoms with Gasteiger partial charge in [-0.1, -0.05) is 30.3 Å². The number of hydrogen-bond donors (Lipinski definition) is 0. The fraction of sp³-hybridized carbons (Fsp3) is 0.190. The molecule has 122 valence electrons. The van der Waals surface area contributed by atoms with Crippen LogP contribution in [0.3, 0.4) is 0 Å². The molecule has 0 atom stereocenters. The van der Waals surface area contributed by atoms with E-state index in [4.69, 9.17) is 9.47 Å². The third-order valence-electron chi connectivity index (χ3n) is 3.72. The van der Waals surface area contributed by atoms with E-state index < -0.39 is 0 Å². The first kappa shape index (κ1) is 16.1. The molecular weight excluding hydrogens is 298 g/mol. The number of nitrogens with zero attached hydrogens (tertiary/aromatic N) is 1. The number of rotatable bonds is 6. The molecule has 0 aliphatic heterocycles. The minimum Gasteiger partial charge on any atom is -0.494 e. The molecule has 0 fully saturated rings. The van der Waals surface area contributed by atoms with Crippen molar-refractivity contribution in [2.24, 2.45) is 4.99 Å². The van der Waals surface area contributed by atoms with Crippen molar-refractivity contribution in [3.63, 3.8) is 0 Å². The van der Waals surface area contributed by atoms with Crippen molar-refractivity contribution in [2.45, 2.75) is 13.8 Å². The van der Waals surface area contributed by atoms with Gasteiger partial charge in [-0.15, -0.1) is 0 Å². The second-order valence-electron chi connectivity index (χ2n) is 5.32. The van der Waals surface area contributed by atoms with Crippen LogP contribution in [0.5, 0.6) is 11.5 Å². The van der Waals surface area contributed by atoms with Gasteiger partial charge in [-0.3, -0.25) is 4.99 Å². The molecule has 3 heteroatoms. The third kappa shape index (κ3) is 3.57. The number of hydrogen-bond acceptors (Lipinski definition) is 3. The highest BCUT2D eigenvalue weighted by Crippen LogP contribution is 2.27. The second-order valence-corrected chi connectivity index (χ2v) is 5.32. The van der Waals surface area contributed by atoms with E-state index in [0.717, 1.165) is 28.1 Å². The molecule has 0 aliphatic rings. The zero-order valence-corrected chi connectivity index (χ0v) is 14.0. The normalized spacial score (nSPS) is 11.1. The summed E-state index contributed by atoms with van der Waals surface area (Å²) in [5.41, 5.74) is 1.89. The smallest absolute Gasteiger partial charge is 0.128 e. The van der Waals surface area contributed by atoms with Gasteiger partial charge in [0.15, 0.2) is 0 Å². The Morgan fingerprint density at radius 3 is 2.33 bits per heavy atom. The van der Waals surface area contributed by atoms with Crippen molar-refractivity contribution in [1.82, 2.24) is 0 Å². The maximum absolute atomic E-state index is 5.77. The molecule has 0 bridgehead atoms. The maximum Gasteiger partial charge on any atom is 0.128 e. The van der Waals surface area contributed by atoms with Crippen LogP contribution in [0, 0.1) is 0 Å². The Balaban J connectivity index is 1.96. The van der Waals surface area contributed by atoms with Gasteiger partial charge in [0.05, 0.1) is 18.9 Å². The molecule has 0 N–H and O–H groups in total. The van der Waals surface area contributed by atoms with E-state index in [9.17, 15) is 0 Å². The van der Waals surface area contributed by atoms with E-state index in [1.54, 1.807) is 0 Å².